The highest BCUT2D eigenvalue weighted by Crippen LogP contribution is 2.40. The third kappa shape index (κ3) is 10.7. The molecule has 0 bridgehead atoms. The predicted molar refractivity (Wildman–Crippen MR) is 278 cm³/mol. The van der Waals surface area contributed by atoms with Crippen LogP contribution in [0.5, 0.6) is 5.88 Å². The second kappa shape index (κ2) is 20.6. The lowest BCUT2D eigenvalue weighted by Gasteiger charge is -2.35. The molecular formula is C53H59ClN10O6S2. The smallest absolute Gasteiger partial charge is 0.246 e. The number of hydrogen-bond acceptors (Lipinski definition) is 13. The van der Waals surface area contributed by atoms with E-state index in [2.05, 4.69) is 50.0 Å². The normalized spacial score (nSPS) is 20.3. The van der Waals surface area contributed by atoms with Crippen LogP contribution in [0, 0.1) is 33.1 Å². The van der Waals surface area contributed by atoms with E-state index >= 15 is 0 Å². The van der Waals surface area contributed by atoms with Gasteiger partial charge >= 0.3 is 0 Å². The number of aromatic nitrogens is 5. The third-order valence-corrected chi connectivity index (χ3v) is 16.1. The van der Waals surface area contributed by atoms with Crippen molar-refractivity contribution in [2.24, 2.45) is 10.4 Å². The van der Waals surface area contributed by atoms with Crippen molar-refractivity contribution >= 4 is 63.6 Å². The van der Waals surface area contributed by atoms with E-state index in [1.54, 1.807) is 41.0 Å². The number of nitrogens with one attached hydrogen (secondary N) is 3. The molecule has 4 aromatic heterocycles. The van der Waals surface area contributed by atoms with Gasteiger partial charge in [0.15, 0.2) is 5.82 Å². The first-order valence-corrected chi connectivity index (χ1v) is 26.2. The molecule has 0 spiro atoms. The predicted octanol–water partition coefficient (Wildman–Crippen LogP) is 7.66. The number of nitrogens with zero attached hydrogens (tertiary/aromatic N) is 7. The van der Waals surface area contributed by atoms with E-state index in [9.17, 15) is 24.3 Å². The Labute approximate surface area is 431 Å². The van der Waals surface area contributed by atoms with Crippen LogP contribution in [-0.4, -0.2) is 101 Å². The minimum Gasteiger partial charge on any atom is -0.474 e. The molecule has 6 heterocycles. The zero-order valence-electron chi connectivity index (χ0n) is 41.5. The number of likely N-dealkylation sites (tertiary alicyclic amines) is 1. The van der Waals surface area contributed by atoms with Crippen LogP contribution in [0.2, 0.25) is 5.02 Å². The van der Waals surface area contributed by atoms with E-state index in [1.807, 2.05) is 100 Å². The number of carbonyl (C=O) groups excluding carboxylic acids is 4. The first kappa shape index (κ1) is 50.6. The number of benzene rings is 2. The van der Waals surface area contributed by atoms with Crippen molar-refractivity contribution in [1.29, 1.82) is 0 Å². The topological polar surface area (TPSA) is 206 Å². The van der Waals surface area contributed by atoms with Gasteiger partial charge in [-0.2, -0.15) is 0 Å². The molecular weight excluding hydrogens is 972 g/mol. The molecule has 5 atom stereocenters. The van der Waals surface area contributed by atoms with Crippen LogP contribution in [0.1, 0.15) is 115 Å². The molecule has 3 aliphatic rings. The number of hydrogen-bond donors (Lipinski definition) is 4. The molecule has 9 rings (SSSR count). The van der Waals surface area contributed by atoms with Gasteiger partial charge in [-0.3, -0.25) is 28.7 Å². The van der Waals surface area contributed by atoms with E-state index < -0.39 is 41.5 Å². The number of carbonyl (C=O) groups is 4. The summed E-state index contributed by atoms with van der Waals surface area (Å²) >= 11 is 9.50. The van der Waals surface area contributed by atoms with Crippen LogP contribution >= 0.6 is 34.3 Å². The van der Waals surface area contributed by atoms with E-state index in [0.717, 1.165) is 54.9 Å². The van der Waals surface area contributed by atoms with Crippen LogP contribution < -0.4 is 20.7 Å². The average molecular weight is 1030 g/mol. The first-order chi connectivity index (χ1) is 34.3. The number of aliphatic imine (C=N–C) groups is 1. The van der Waals surface area contributed by atoms with Crippen molar-refractivity contribution in [2.75, 3.05) is 6.54 Å². The quantitative estimate of drug-likeness (QED) is 0.0839. The Bertz CT molecular complexity index is 3030. The van der Waals surface area contributed by atoms with Crippen molar-refractivity contribution in [3.8, 4) is 21.3 Å². The third-order valence-electron chi connectivity index (χ3n) is 13.7. The zero-order chi connectivity index (χ0) is 51.2. The molecule has 4 N–H and O–H groups in total. The number of halogens is 1. The summed E-state index contributed by atoms with van der Waals surface area (Å²) in [6.45, 7) is 15.5. The van der Waals surface area contributed by atoms with Crippen LogP contribution in [0.15, 0.2) is 77.4 Å². The summed E-state index contributed by atoms with van der Waals surface area (Å²) in [5.74, 6) is 0.362. The molecule has 1 aliphatic carbocycles. The van der Waals surface area contributed by atoms with Gasteiger partial charge in [0.1, 0.15) is 35.1 Å². The van der Waals surface area contributed by atoms with Gasteiger partial charge in [-0.05, 0) is 74.4 Å². The maximum Gasteiger partial charge on any atom is 0.246 e. The second-order valence-electron chi connectivity index (χ2n) is 20.1. The highest BCUT2D eigenvalue weighted by Gasteiger charge is 2.45. The molecule has 19 heteroatoms. The van der Waals surface area contributed by atoms with Crippen molar-refractivity contribution in [2.45, 2.75) is 130 Å². The SMILES string of the molecule is Cc1ncsc1-c1ccc([C@H](C)NC(=O)[C@@H]2C[C@@H](O)CN2C(=O)C(NC(=O)Cc2ccc(O[C@H]3C[C@@H](NC(=O)C[C@@H]4N=C(c5ccc(Cl)cc5)c5c(sc(C)c5C)-n5c(C)nnc54)C3)nc2)C(C)(C)C)cc1. The fourth-order valence-corrected chi connectivity index (χ4v) is 11.7. The van der Waals surface area contributed by atoms with Gasteiger partial charge < -0.3 is 30.7 Å². The van der Waals surface area contributed by atoms with Gasteiger partial charge in [-0.15, -0.1) is 32.9 Å². The lowest BCUT2D eigenvalue weighted by atomic mass is 9.85. The van der Waals surface area contributed by atoms with E-state index in [0.29, 0.717) is 35.1 Å². The Kier molecular flexibility index (Phi) is 14.5. The minimum absolute atomic E-state index is 0.0285. The average Bonchev–Trinajstić information content (AvgIpc) is 4.10. The van der Waals surface area contributed by atoms with Crippen LogP contribution in [0.3, 0.4) is 0 Å². The van der Waals surface area contributed by atoms with Crippen molar-refractivity contribution in [3.05, 3.63) is 127 Å². The molecule has 2 aliphatic heterocycles. The maximum absolute atomic E-state index is 14.3. The standard InChI is InChI=1S/C53H59ClN10O6S2/c1-27-30(4)72-52-45(27)46(34-14-16-36(54)17-15-34)59-40(49-62-61-31(5)64(49)52)23-43(67)58-37-20-39(21-37)70-44-18-9-32(24-55-44)19-42(66)60-48(53(6,7)8)51(69)63-25-38(65)22-41(63)50(68)57-28(2)33-10-12-35(13-11-33)47-29(3)56-26-71-47/h9-18,24,26,28,37-41,48,65H,19-23,25H2,1-8H3,(H,57,68)(H,58,67)(H,60,66)/t28-,37-,38+,39+,40-,41-,48?/m0/s1. The Balaban J connectivity index is 0.768. The highest BCUT2D eigenvalue weighted by molar-refractivity contribution is 7.15. The van der Waals surface area contributed by atoms with Gasteiger partial charge in [-0.25, -0.2) is 9.97 Å². The van der Waals surface area contributed by atoms with Crippen molar-refractivity contribution in [3.63, 3.8) is 0 Å². The number of amides is 4. The number of rotatable bonds is 14. The molecule has 16 nitrogen and oxygen atoms in total. The number of ether oxygens (including phenoxy) is 1. The summed E-state index contributed by atoms with van der Waals surface area (Å²) in [4.78, 5) is 72.9. The van der Waals surface area contributed by atoms with E-state index in [-0.39, 0.29) is 55.8 Å². The van der Waals surface area contributed by atoms with Gasteiger partial charge in [-0.1, -0.05) is 74.8 Å². The number of aliphatic hydroxyl groups excluding tert-OH is 1. The number of fused-ring (bicyclic) bond motifs is 3. The molecule has 2 fully saturated rings. The Morgan fingerprint density at radius 3 is 2.29 bits per heavy atom. The van der Waals surface area contributed by atoms with Gasteiger partial charge in [0.2, 0.25) is 29.5 Å². The molecule has 72 heavy (non-hydrogen) atoms. The molecule has 1 saturated heterocycles. The largest absolute Gasteiger partial charge is 0.474 e. The Hall–Kier alpha value is -6.34. The number of aryl methyl sites for hydroxylation is 3. The Morgan fingerprint density at radius 1 is 0.903 bits per heavy atom. The first-order valence-electron chi connectivity index (χ1n) is 24.2. The van der Waals surface area contributed by atoms with Crippen LogP contribution in [-0.2, 0) is 25.6 Å². The molecule has 1 saturated carbocycles. The summed E-state index contributed by atoms with van der Waals surface area (Å²) in [5, 5.41) is 30.4. The van der Waals surface area contributed by atoms with E-state index in [1.165, 1.54) is 9.78 Å². The fraction of sp³-hybridized carbons (Fsp3) is 0.415. The van der Waals surface area contributed by atoms with Crippen LogP contribution in [0.25, 0.3) is 15.4 Å². The molecule has 1 unspecified atom stereocenters. The fourth-order valence-electron chi connectivity index (χ4n) is 9.54. The van der Waals surface area contributed by atoms with Crippen molar-refractivity contribution in [1.82, 2.24) is 45.6 Å². The minimum atomic E-state index is -0.979. The maximum atomic E-state index is 14.3. The summed E-state index contributed by atoms with van der Waals surface area (Å²) in [6.07, 6.45) is 1.80. The van der Waals surface area contributed by atoms with Gasteiger partial charge in [0.05, 0.1) is 46.8 Å². The molecule has 376 valence electrons. The number of thiazole rings is 1. The summed E-state index contributed by atoms with van der Waals surface area (Å²) in [7, 11) is 0. The summed E-state index contributed by atoms with van der Waals surface area (Å²) < 4.78 is 8.17. The van der Waals surface area contributed by atoms with Gasteiger partial charge in [0, 0.05) is 65.1 Å². The van der Waals surface area contributed by atoms with E-state index in [4.69, 9.17) is 21.3 Å². The lowest BCUT2D eigenvalue weighted by Crippen LogP contribution is -2.58. The number of thiophene rings is 1. The second-order valence-corrected chi connectivity index (χ2v) is 22.6. The van der Waals surface area contributed by atoms with Crippen LogP contribution in [0.4, 0.5) is 0 Å². The monoisotopic (exact) mass is 1030 g/mol. The molecule has 4 amide bonds. The Morgan fingerprint density at radius 2 is 1.62 bits per heavy atom. The summed E-state index contributed by atoms with van der Waals surface area (Å²) in [6, 6.07) is 16.0. The number of pyridine rings is 1. The van der Waals surface area contributed by atoms with Gasteiger partial charge in [0.25, 0.3) is 0 Å². The number of β-amino-alcohol motifs (C(OH)–C–C–N with tert-alkyl or cyclic N) is 1. The highest BCUT2D eigenvalue weighted by atomic mass is 35.5. The molecule has 0 radical (unpaired) electrons. The summed E-state index contributed by atoms with van der Waals surface area (Å²) in [5.41, 5.74) is 8.41. The molecule has 2 aromatic carbocycles. The molecule has 6 aromatic rings. The lowest BCUT2D eigenvalue weighted by molar-refractivity contribution is -0.144. The van der Waals surface area contributed by atoms with Crippen molar-refractivity contribution < 1.29 is 29.0 Å². The zero-order valence-corrected chi connectivity index (χ0v) is 43.9. The number of aliphatic hydroxyl groups is 1.